The maximum atomic E-state index is 12.8. The summed E-state index contributed by atoms with van der Waals surface area (Å²) in [5, 5.41) is 5.14. The Kier molecular flexibility index (Phi) is 5.78. The van der Waals surface area contributed by atoms with Gasteiger partial charge in [-0.2, -0.15) is 0 Å². The number of benzene rings is 1. The van der Waals surface area contributed by atoms with Gasteiger partial charge in [-0.3, -0.25) is 9.59 Å². The minimum atomic E-state index is -0.979. The Morgan fingerprint density at radius 1 is 1.20 bits per heavy atom. The van der Waals surface area contributed by atoms with Gasteiger partial charge in [-0.05, 0) is 60.4 Å². The molecule has 0 spiro atoms. The monoisotopic (exact) mass is 368 g/mol. The molecular weight excluding hydrogens is 348 g/mol. The van der Waals surface area contributed by atoms with Crippen molar-refractivity contribution in [2.45, 2.75) is 43.4 Å². The zero-order valence-electron chi connectivity index (χ0n) is 14.2. The second-order valence-electron chi connectivity index (χ2n) is 6.27. The van der Waals surface area contributed by atoms with Crippen molar-refractivity contribution < 1.29 is 9.59 Å². The molecule has 1 aromatic carbocycles. The van der Waals surface area contributed by atoms with E-state index in [1.54, 1.807) is 18.3 Å². The van der Waals surface area contributed by atoms with Gasteiger partial charge in [0.25, 0.3) is 0 Å². The highest BCUT2D eigenvalue weighted by Crippen LogP contribution is 2.47. The summed E-state index contributed by atoms with van der Waals surface area (Å²) >= 11 is 3.02. The first kappa shape index (κ1) is 18.0. The fourth-order valence-electron chi connectivity index (χ4n) is 3.46. The Morgan fingerprint density at radius 2 is 2.00 bits per heavy atom. The van der Waals surface area contributed by atoms with Crippen LogP contribution in [0.15, 0.2) is 52.7 Å². The first-order valence-electron chi connectivity index (χ1n) is 8.45. The molecule has 1 saturated carbocycles. The summed E-state index contributed by atoms with van der Waals surface area (Å²) in [6.45, 7) is 1.55. The summed E-state index contributed by atoms with van der Waals surface area (Å²) in [5.41, 5.74) is -0.979. The van der Waals surface area contributed by atoms with Crippen LogP contribution < -0.4 is 0 Å². The Bertz CT molecular complexity index is 799. The average molecular weight is 369 g/mol. The van der Waals surface area contributed by atoms with Crippen molar-refractivity contribution in [1.29, 1.82) is 0 Å². The van der Waals surface area contributed by atoms with Crippen LogP contribution in [0.25, 0.3) is 0 Å². The second kappa shape index (κ2) is 8.03. The minimum Gasteiger partial charge on any atom is -0.299 e. The van der Waals surface area contributed by atoms with Gasteiger partial charge in [0, 0.05) is 16.2 Å². The Balaban J connectivity index is 1.98. The molecule has 0 amide bonds. The molecule has 128 valence electrons. The van der Waals surface area contributed by atoms with Crippen molar-refractivity contribution in [2.75, 3.05) is 0 Å². The number of thioether (sulfide) groups is 1. The van der Waals surface area contributed by atoms with Crippen LogP contribution >= 0.6 is 23.1 Å². The lowest BCUT2D eigenvalue weighted by molar-refractivity contribution is -0.142. The first-order valence-corrected chi connectivity index (χ1v) is 10.1. The molecule has 1 aliphatic carbocycles. The van der Waals surface area contributed by atoms with E-state index in [1.807, 2.05) is 47.8 Å². The van der Waals surface area contributed by atoms with Crippen LogP contribution in [0, 0.1) is 16.6 Å². The molecule has 4 heteroatoms. The van der Waals surface area contributed by atoms with Crippen LogP contribution in [0.3, 0.4) is 0 Å². The lowest BCUT2D eigenvalue weighted by Crippen LogP contribution is -2.45. The lowest BCUT2D eigenvalue weighted by Gasteiger charge is -2.37. The van der Waals surface area contributed by atoms with Crippen LogP contribution in [0.4, 0.5) is 0 Å². The van der Waals surface area contributed by atoms with Crippen LogP contribution in [0.2, 0.25) is 0 Å². The average Bonchev–Trinajstić information content (AvgIpc) is 3.14. The van der Waals surface area contributed by atoms with E-state index in [2.05, 4.69) is 11.2 Å². The van der Waals surface area contributed by atoms with Crippen molar-refractivity contribution in [3.8, 4) is 11.2 Å². The minimum absolute atomic E-state index is 0.0467. The summed E-state index contributed by atoms with van der Waals surface area (Å²) in [5.74, 6) is 2.93. The van der Waals surface area contributed by atoms with E-state index in [0.717, 1.165) is 22.6 Å². The molecule has 1 heterocycles. The number of carbonyl (C=O) groups excluding carboxylic acids is 2. The molecule has 0 N–H and O–H groups in total. The van der Waals surface area contributed by atoms with Gasteiger partial charge < -0.3 is 0 Å². The van der Waals surface area contributed by atoms with Crippen molar-refractivity contribution >= 4 is 34.7 Å². The maximum absolute atomic E-state index is 12.8. The second-order valence-corrected chi connectivity index (χ2v) is 8.13. The summed E-state index contributed by atoms with van der Waals surface area (Å²) in [6.07, 6.45) is 2.86. The molecule has 0 saturated heterocycles. The first-order chi connectivity index (χ1) is 12.1. The normalized spacial score (nSPS) is 21.2. The summed E-state index contributed by atoms with van der Waals surface area (Å²) in [4.78, 5) is 27.5. The van der Waals surface area contributed by atoms with Crippen molar-refractivity contribution in [1.82, 2.24) is 0 Å². The highest BCUT2D eigenvalue weighted by molar-refractivity contribution is 8.03. The number of hydrogen-bond donors (Lipinski definition) is 0. The molecule has 2 aromatic rings. The molecule has 2 unspecified atom stereocenters. The summed E-state index contributed by atoms with van der Waals surface area (Å²) in [7, 11) is 0. The van der Waals surface area contributed by atoms with Gasteiger partial charge in [0.1, 0.15) is 17.0 Å². The van der Waals surface area contributed by atoms with Gasteiger partial charge >= 0.3 is 0 Å². The zero-order valence-corrected chi connectivity index (χ0v) is 15.8. The highest BCUT2D eigenvalue weighted by atomic mass is 32.2. The smallest absolute Gasteiger partial charge is 0.148 e. The predicted octanol–water partition coefficient (Wildman–Crippen LogP) is 5.30. The Morgan fingerprint density at radius 3 is 2.64 bits per heavy atom. The SMILES string of the molecule is CC(=O)C1(C(C#CSc2ccccc2)c2cccs2)CCCCC1=O. The fourth-order valence-corrected chi connectivity index (χ4v) is 4.92. The van der Waals surface area contributed by atoms with Crippen molar-refractivity contribution in [3.05, 3.63) is 52.7 Å². The topological polar surface area (TPSA) is 34.1 Å². The summed E-state index contributed by atoms with van der Waals surface area (Å²) < 4.78 is 0. The molecule has 3 rings (SSSR count). The van der Waals surface area contributed by atoms with Crippen molar-refractivity contribution in [3.63, 3.8) is 0 Å². The van der Waals surface area contributed by atoms with Crippen LogP contribution in [0.1, 0.15) is 43.4 Å². The third kappa shape index (κ3) is 3.73. The number of Topliss-reactive ketones (excluding diaryl/α,β-unsaturated/α-hetero) is 2. The van der Waals surface area contributed by atoms with E-state index in [9.17, 15) is 9.59 Å². The molecule has 2 atom stereocenters. The van der Waals surface area contributed by atoms with E-state index in [-0.39, 0.29) is 17.5 Å². The molecule has 1 aromatic heterocycles. The molecule has 1 fully saturated rings. The van der Waals surface area contributed by atoms with Gasteiger partial charge in [0.2, 0.25) is 0 Å². The third-order valence-corrected chi connectivity index (χ3v) is 6.45. The van der Waals surface area contributed by atoms with Gasteiger partial charge in [-0.15, -0.1) is 11.3 Å². The van der Waals surface area contributed by atoms with Crippen molar-refractivity contribution in [2.24, 2.45) is 5.41 Å². The number of carbonyl (C=O) groups is 2. The molecule has 25 heavy (non-hydrogen) atoms. The maximum Gasteiger partial charge on any atom is 0.148 e. The number of ketones is 2. The van der Waals surface area contributed by atoms with Crippen LogP contribution in [-0.4, -0.2) is 11.6 Å². The quantitative estimate of drug-likeness (QED) is 0.417. The molecule has 0 bridgehead atoms. The van der Waals surface area contributed by atoms with E-state index in [0.29, 0.717) is 12.8 Å². The van der Waals surface area contributed by atoms with E-state index >= 15 is 0 Å². The van der Waals surface area contributed by atoms with Gasteiger partial charge in [0.05, 0.1) is 5.92 Å². The molecule has 0 radical (unpaired) electrons. The zero-order chi connectivity index (χ0) is 17.7. The van der Waals surface area contributed by atoms with E-state index in [4.69, 9.17) is 0 Å². The van der Waals surface area contributed by atoms with Gasteiger partial charge in [-0.25, -0.2) is 0 Å². The standard InChI is InChI=1S/C21H20O2S2/c1-16(22)21(13-6-5-11-20(21)23)18(19-10-7-14-25-19)12-15-24-17-8-3-2-4-9-17/h2-4,7-10,14,18H,5-6,11,13H2,1H3. The largest absolute Gasteiger partial charge is 0.299 e. The molecule has 1 aliphatic rings. The van der Waals surface area contributed by atoms with E-state index in [1.165, 1.54) is 11.8 Å². The molecule has 2 nitrogen and oxygen atoms in total. The number of hydrogen-bond acceptors (Lipinski definition) is 4. The Labute approximate surface area is 157 Å². The predicted molar refractivity (Wildman–Crippen MR) is 104 cm³/mol. The van der Waals surface area contributed by atoms with Gasteiger partial charge in [0.15, 0.2) is 0 Å². The van der Waals surface area contributed by atoms with Crippen LogP contribution in [0.5, 0.6) is 0 Å². The van der Waals surface area contributed by atoms with E-state index < -0.39 is 5.41 Å². The van der Waals surface area contributed by atoms with Crippen LogP contribution in [-0.2, 0) is 9.59 Å². The lowest BCUT2D eigenvalue weighted by atomic mass is 9.62. The molecule has 0 aliphatic heterocycles. The number of rotatable bonds is 4. The fraction of sp³-hybridized carbons (Fsp3) is 0.333. The Hall–Kier alpha value is -1.83. The third-order valence-electron chi connectivity index (χ3n) is 4.79. The number of thiophene rings is 1. The summed E-state index contributed by atoms with van der Waals surface area (Å²) in [6, 6.07) is 13.9. The highest BCUT2D eigenvalue weighted by Gasteiger charge is 2.50. The molecular formula is C21H20O2S2. The van der Waals surface area contributed by atoms with Gasteiger partial charge in [-0.1, -0.05) is 36.6 Å².